The summed E-state index contributed by atoms with van der Waals surface area (Å²) in [5.74, 6) is 0.434. The van der Waals surface area contributed by atoms with Gasteiger partial charge in [-0.25, -0.2) is 4.79 Å². The largest absolute Gasteiger partial charge is 0.383 e. The molecule has 1 saturated heterocycles. The average molecular weight is 347 g/mol. The summed E-state index contributed by atoms with van der Waals surface area (Å²) in [6, 6.07) is 7.75. The highest BCUT2D eigenvalue weighted by Gasteiger charge is 2.24. The Bertz CT molecular complexity index is 577. The molecule has 1 heterocycles. The van der Waals surface area contributed by atoms with Gasteiger partial charge in [-0.3, -0.25) is 4.79 Å². The lowest BCUT2D eigenvalue weighted by molar-refractivity contribution is -0.121. The van der Waals surface area contributed by atoms with Gasteiger partial charge in [0.15, 0.2) is 0 Å². The smallest absolute Gasteiger partial charge is 0.321 e. The summed E-state index contributed by atoms with van der Waals surface area (Å²) in [5.41, 5.74) is 1.94. The fourth-order valence-electron chi connectivity index (χ4n) is 3.13. The first-order valence-corrected chi connectivity index (χ1v) is 8.96. The molecule has 2 N–H and O–H groups in total. The maximum atomic E-state index is 12.5. The number of urea groups is 1. The van der Waals surface area contributed by atoms with Crippen molar-refractivity contribution in [3.63, 3.8) is 0 Å². The van der Waals surface area contributed by atoms with Crippen LogP contribution in [0.5, 0.6) is 0 Å². The van der Waals surface area contributed by atoms with Crippen LogP contribution in [0, 0.1) is 12.8 Å². The zero-order chi connectivity index (χ0) is 18.1. The summed E-state index contributed by atoms with van der Waals surface area (Å²) in [7, 11) is 1.62. The number of nitrogens with one attached hydrogen (secondary N) is 2. The van der Waals surface area contributed by atoms with Crippen LogP contribution in [0.15, 0.2) is 24.3 Å². The van der Waals surface area contributed by atoms with Crippen molar-refractivity contribution in [3.05, 3.63) is 29.8 Å². The second-order valence-corrected chi connectivity index (χ2v) is 6.64. The molecule has 138 valence electrons. The fourth-order valence-corrected chi connectivity index (χ4v) is 3.13. The third kappa shape index (κ3) is 6.74. The van der Waals surface area contributed by atoms with Crippen molar-refractivity contribution in [2.45, 2.75) is 32.6 Å². The molecule has 1 aromatic rings. The maximum absolute atomic E-state index is 12.5. The zero-order valence-electron chi connectivity index (χ0n) is 15.2. The molecule has 1 fully saturated rings. The van der Waals surface area contributed by atoms with Crippen molar-refractivity contribution in [2.24, 2.45) is 5.92 Å². The summed E-state index contributed by atoms with van der Waals surface area (Å²) in [4.78, 5) is 26.1. The number of hydrogen-bond donors (Lipinski definition) is 2. The fraction of sp³-hybridized carbons (Fsp3) is 0.579. The van der Waals surface area contributed by atoms with Crippen LogP contribution in [0.3, 0.4) is 0 Å². The molecule has 0 unspecified atom stereocenters. The molecular weight excluding hydrogens is 318 g/mol. The van der Waals surface area contributed by atoms with Crippen LogP contribution in [-0.4, -0.2) is 50.2 Å². The third-order valence-corrected chi connectivity index (χ3v) is 4.48. The van der Waals surface area contributed by atoms with Crippen LogP contribution in [0.4, 0.5) is 10.5 Å². The topological polar surface area (TPSA) is 70.7 Å². The molecule has 0 radical (unpaired) electrons. The Kier molecular flexibility index (Phi) is 7.73. The molecule has 1 aliphatic heterocycles. The quantitative estimate of drug-likeness (QED) is 0.745. The third-order valence-electron chi connectivity index (χ3n) is 4.48. The van der Waals surface area contributed by atoms with Crippen LogP contribution in [-0.2, 0) is 9.53 Å². The minimum Gasteiger partial charge on any atom is -0.383 e. The van der Waals surface area contributed by atoms with E-state index in [1.54, 1.807) is 7.11 Å². The number of aryl methyl sites for hydroxylation is 1. The van der Waals surface area contributed by atoms with E-state index in [0.29, 0.717) is 32.0 Å². The molecule has 6 nitrogen and oxygen atoms in total. The normalized spacial score (nSPS) is 17.2. The highest BCUT2D eigenvalue weighted by atomic mass is 16.5. The lowest BCUT2D eigenvalue weighted by atomic mass is 9.93. The molecule has 0 aromatic heterocycles. The standard InChI is InChI=1S/C19H29N3O3/c1-15-5-3-7-17(13-15)21-19(24)22-11-4-6-16(14-22)8-9-18(23)20-10-12-25-2/h3,5,7,13,16H,4,6,8-12,14H2,1-2H3,(H,20,23)(H,21,24)/t16-/m1/s1. The Hall–Kier alpha value is -2.08. The number of anilines is 1. The van der Waals surface area contributed by atoms with E-state index in [2.05, 4.69) is 10.6 Å². The summed E-state index contributed by atoms with van der Waals surface area (Å²) >= 11 is 0. The number of benzene rings is 1. The monoisotopic (exact) mass is 347 g/mol. The van der Waals surface area contributed by atoms with E-state index in [1.165, 1.54) is 0 Å². The number of methoxy groups -OCH3 is 1. The lowest BCUT2D eigenvalue weighted by Crippen LogP contribution is -2.42. The Morgan fingerprint density at radius 3 is 2.96 bits per heavy atom. The molecule has 1 aliphatic rings. The number of carbonyl (C=O) groups is 2. The van der Waals surface area contributed by atoms with Crippen molar-refractivity contribution in [3.8, 4) is 0 Å². The van der Waals surface area contributed by atoms with Gasteiger partial charge in [0.2, 0.25) is 5.91 Å². The van der Waals surface area contributed by atoms with Gasteiger partial charge in [-0.15, -0.1) is 0 Å². The Balaban J connectivity index is 1.76. The molecule has 1 aromatic carbocycles. The van der Waals surface area contributed by atoms with E-state index in [0.717, 1.165) is 37.1 Å². The van der Waals surface area contributed by atoms with Crippen molar-refractivity contribution < 1.29 is 14.3 Å². The van der Waals surface area contributed by atoms with Gasteiger partial charge in [0, 0.05) is 38.9 Å². The van der Waals surface area contributed by atoms with E-state index < -0.39 is 0 Å². The first kappa shape index (κ1) is 19.2. The van der Waals surface area contributed by atoms with Gasteiger partial charge in [-0.2, -0.15) is 0 Å². The van der Waals surface area contributed by atoms with Crippen LogP contribution < -0.4 is 10.6 Å². The van der Waals surface area contributed by atoms with Crippen LogP contribution in [0.2, 0.25) is 0 Å². The number of ether oxygens (including phenoxy) is 1. The number of piperidine rings is 1. The summed E-state index contributed by atoms with van der Waals surface area (Å²) < 4.78 is 4.92. The van der Waals surface area contributed by atoms with Crippen molar-refractivity contribution >= 4 is 17.6 Å². The van der Waals surface area contributed by atoms with E-state index in [1.807, 2.05) is 36.1 Å². The minimum atomic E-state index is -0.0557. The summed E-state index contributed by atoms with van der Waals surface area (Å²) in [6.45, 7) is 4.56. The number of amides is 3. The second kappa shape index (κ2) is 10.0. The minimum absolute atomic E-state index is 0.0541. The lowest BCUT2D eigenvalue weighted by Gasteiger charge is -2.32. The zero-order valence-corrected chi connectivity index (χ0v) is 15.2. The molecule has 2 rings (SSSR count). The van der Waals surface area contributed by atoms with Gasteiger partial charge in [-0.05, 0) is 49.8 Å². The SMILES string of the molecule is COCCNC(=O)CC[C@H]1CCCN(C(=O)Nc2cccc(C)c2)C1. The predicted molar refractivity (Wildman–Crippen MR) is 98.6 cm³/mol. The molecule has 0 saturated carbocycles. The first-order chi connectivity index (χ1) is 12.1. The molecule has 0 spiro atoms. The molecule has 0 aliphatic carbocycles. The van der Waals surface area contributed by atoms with Crippen molar-refractivity contribution in [2.75, 3.05) is 38.7 Å². The molecule has 3 amide bonds. The predicted octanol–water partition coefficient (Wildman–Crippen LogP) is 2.78. The van der Waals surface area contributed by atoms with E-state index in [-0.39, 0.29) is 11.9 Å². The van der Waals surface area contributed by atoms with Gasteiger partial charge in [-0.1, -0.05) is 12.1 Å². The van der Waals surface area contributed by atoms with Crippen LogP contribution in [0.1, 0.15) is 31.2 Å². The van der Waals surface area contributed by atoms with Gasteiger partial charge in [0.05, 0.1) is 6.61 Å². The Morgan fingerprint density at radius 1 is 1.36 bits per heavy atom. The number of nitrogens with zero attached hydrogens (tertiary/aromatic N) is 1. The van der Waals surface area contributed by atoms with Gasteiger partial charge < -0.3 is 20.3 Å². The molecule has 1 atom stereocenters. The van der Waals surface area contributed by atoms with E-state index >= 15 is 0 Å². The number of carbonyl (C=O) groups excluding carboxylic acids is 2. The highest BCUT2D eigenvalue weighted by molar-refractivity contribution is 5.89. The first-order valence-electron chi connectivity index (χ1n) is 8.96. The highest BCUT2D eigenvalue weighted by Crippen LogP contribution is 2.22. The van der Waals surface area contributed by atoms with Gasteiger partial charge in [0.25, 0.3) is 0 Å². The van der Waals surface area contributed by atoms with Crippen LogP contribution in [0.25, 0.3) is 0 Å². The number of rotatable bonds is 7. The Morgan fingerprint density at radius 2 is 2.20 bits per heavy atom. The van der Waals surface area contributed by atoms with Crippen molar-refractivity contribution in [1.82, 2.24) is 10.2 Å². The van der Waals surface area contributed by atoms with Gasteiger partial charge >= 0.3 is 6.03 Å². The second-order valence-electron chi connectivity index (χ2n) is 6.64. The number of likely N-dealkylation sites (tertiary alicyclic amines) is 1. The maximum Gasteiger partial charge on any atom is 0.321 e. The van der Waals surface area contributed by atoms with Crippen molar-refractivity contribution in [1.29, 1.82) is 0 Å². The molecule has 0 bridgehead atoms. The molecule has 25 heavy (non-hydrogen) atoms. The van der Waals surface area contributed by atoms with Crippen LogP contribution >= 0.6 is 0 Å². The van der Waals surface area contributed by atoms with E-state index in [9.17, 15) is 9.59 Å². The summed E-state index contributed by atoms with van der Waals surface area (Å²) in [5, 5.41) is 5.80. The van der Waals surface area contributed by atoms with E-state index in [4.69, 9.17) is 4.74 Å². The van der Waals surface area contributed by atoms with Gasteiger partial charge in [0.1, 0.15) is 0 Å². The molecule has 6 heteroatoms. The summed E-state index contributed by atoms with van der Waals surface area (Å²) in [6.07, 6.45) is 3.37. The number of hydrogen-bond acceptors (Lipinski definition) is 3. The Labute approximate surface area is 149 Å². The molecular formula is C19H29N3O3. The average Bonchev–Trinajstić information content (AvgIpc) is 2.60.